The maximum Gasteiger partial charge on any atom is 0.328 e. The molecule has 0 bridgehead atoms. The van der Waals surface area contributed by atoms with E-state index in [9.17, 15) is 14.4 Å². The van der Waals surface area contributed by atoms with Crippen LogP contribution in [0.1, 0.15) is 74.3 Å². The van der Waals surface area contributed by atoms with Gasteiger partial charge in [0.15, 0.2) is 0 Å². The maximum atomic E-state index is 13.5. The van der Waals surface area contributed by atoms with Gasteiger partial charge in [0, 0.05) is 23.4 Å². The van der Waals surface area contributed by atoms with Crippen molar-refractivity contribution in [2.75, 3.05) is 5.32 Å². The van der Waals surface area contributed by atoms with Gasteiger partial charge in [-0.1, -0.05) is 51.7 Å². The lowest BCUT2D eigenvalue weighted by molar-refractivity contribution is -0.131. The molecule has 218 valence electrons. The number of nitrogens with one attached hydrogen (secondary N) is 2. The van der Waals surface area contributed by atoms with E-state index in [1.807, 2.05) is 26.0 Å². The second kappa shape index (κ2) is 12.9. The Hall–Kier alpha value is -4.66. The molecule has 5 rings (SSSR count). The van der Waals surface area contributed by atoms with Gasteiger partial charge in [-0.3, -0.25) is 9.59 Å². The number of carboxylic acid groups (broad SMARTS) is 1. The number of hydrogen-bond acceptors (Lipinski definition) is 5. The number of hydrogen-bond donors (Lipinski definition) is 3. The van der Waals surface area contributed by atoms with E-state index < -0.39 is 12.0 Å². The van der Waals surface area contributed by atoms with Gasteiger partial charge in [0.2, 0.25) is 5.91 Å². The summed E-state index contributed by atoms with van der Waals surface area (Å²) in [7, 11) is 0. The number of carbonyl (C=O) groups is 3. The first kappa shape index (κ1) is 28.9. The topological polar surface area (TPSA) is 126 Å². The van der Waals surface area contributed by atoms with E-state index >= 15 is 0 Å². The molecule has 1 saturated carbocycles. The molecule has 2 aromatic carbocycles. The van der Waals surface area contributed by atoms with Crippen molar-refractivity contribution in [3.05, 3.63) is 78.3 Å². The van der Waals surface area contributed by atoms with Crippen LogP contribution in [0.25, 0.3) is 28.5 Å². The number of nitrogens with zero attached hydrogens (tertiary/aromatic N) is 2. The van der Waals surface area contributed by atoms with Crippen molar-refractivity contribution in [1.29, 1.82) is 0 Å². The van der Waals surface area contributed by atoms with E-state index in [1.54, 1.807) is 48.9 Å². The van der Waals surface area contributed by atoms with Crippen molar-refractivity contribution in [2.24, 2.45) is 5.92 Å². The van der Waals surface area contributed by atoms with Crippen molar-refractivity contribution in [1.82, 2.24) is 14.9 Å². The van der Waals surface area contributed by atoms with Gasteiger partial charge in [-0.15, -0.1) is 0 Å². The summed E-state index contributed by atoms with van der Waals surface area (Å²) in [6.45, 7) is 3.90. The van der Waals surface area contributed by atoms with E-state index in [2.05, 4.69) is 15.2 Å². The third-order valence-corrected chi connectivity index (χ3v) is 8.05. The van der Waals surface area contributed by atoms with Gasteiger partial charge >= 0.3 is 5.97 Å². The molecular weight excluding hydrogens is 532 g/mol. The predicted molar refractivity (Wildman–Crippen MR) is 162 cm³/mol. The molecule has 0 aliphatic heterocycles. The highest BCUT2D eigenvalue weighted by molar-refractivity contribution is 6.03. The van der Waals surface area contributed by atoms with Crippen LogP contribution in [0.5, 0.6) is 0 Å². The van der Waals surface area contributed by atoms with Gasteiger partial charge in [-0.25, -0.2) is 9.78 Å². The standard InChI is InChI=1S/C33H36N4O5/c1-3-21(2)30(33(41)34-25-13-9-22(10-14-25)11-16-29(38)39)36-32(40)23-12-15-28-27(19-23)35-31(24-17-18-42-20-24)37(28)26-7-5-4-6-8-26/h9-21,26,30H,3-8H2,1-2H3,(H,34,41)(H,36,40)(H,38,39)/b16-11+/t21-,30?/m0/s1. The average molecular weight is 569 g/mol. The molecule has 2 heterocycles. The van der Waals surface area contributed by atoms with Crippen LogP contribution >= 0.6 is 0 Å². The summed E-state index contributed by atoms with van der Waals surface area (Å²) in [4.78, 5) is 42.5. The Morgan fingerprint density at radius 1 is 1.10 bits per heavy atom. The second-order valence-electron chi connectivity index (χ2n) is 10.9. The van der Waals surface area contributed by atoms with Gasteiger partial charge in [-0.05, 0) is 66.8 Å². The van der Waals surface area contributed by atoms with Crippen LogP contribution in [0.15, 0.2) is 71.6 Å². The summed E-state index contributed by atoms with van der Waals surface area (Å²) in [6.07, 6.45) is 12.3. The number of fused-ring (bicyclic) bond motifs is 1. The molecule has 3 N–H and O–H groups in total. The van der Waals surface area contributed by atoms with Crippen LogP contribution in [0, 0.1) is 5.92 Å². The Kier molecular flexibility index (Phi) is 8.85. The van der Waals surface area contributed by atoms with Crippen LogP contribution in [-0.4, -0.2) is 38.5 Å². The molecule has 2 atom stereocenters. The number of anilines is 1. The number of imidazole rings is 1. The third-order valence-electron chi connectivity index (χ3n) is 8.05. The zero-order valence-electron chi connectivity index (χ0n) is 23.9. The highest BCUT2D eigenvalue weighted by Gasteiger charge is 2.28. The average Bonchev–Trinajstić information content (AvgIpc) is 3.67. The minimum atomic E-state index is -1.03. The Labute approximate surface area is 244 Å². The number of carboxylic acids is 1. The van der Waals surface area contributed by atoms with E-state index in [-0.39, 0.29) is 17.7 Å². The molecule has 0 saturated heterocycles. The first-order valence-electron chi connectivity index (χ1n) is 14.5. The number of rotatable bonds is 10. The lowest BCUT2D eigenvalue weighted by Crippen LogP contribution is -2.47. The zero-order chi connectivity index (χ0) is 29.6. The maximum absolute atomic E-state index is 13.5. The quantitative estimate of drug-likeness (QED) is 0.183. The van der Waals surface area contributed by atoms with Crippen LogP contribution in [-0.2, 0) is 9.59 Å². The molecule has 2 amide bonds. The molecule has 42 heavy (non-hydrogen) atoms. The fourth-order valence-corrected chi connectivity index (χ4v) is 5.54. The van der Waals surface area contributed by atoms with Crippen molar-refractivity contribution < 1.29 is 23.9 Å². The molecule has 4 aromatic rings. The van der Waals surface area contributed by atoms with Gasteiger partial charge < -0.3 is 24.7 Å². The summed E-state index contributed by atoms with van der Waals surface area (Å²) in [5.41, 5.74) is 4.29. The van der Waals surface area contributed by atoms with Crippen molar-refractivity contribution in [3.8, 4) is 11.4 Å². The number of carbonyl (C=O) groups excluding carboxylic acids is 2. The van der Waals surface area contributed by atoms with E-state index in [1.165, 1.54) is 25.3 Å². The molecule has 0 radical (unpaired) electrons. The SMILES string of the molecule is CC[C@H](C)C(NC(=O)c1ccc2c(c1)nc(-c1ccoc1)n2C1CCCCC1)C(=O)Nc1ccc(/C=C/C(=O)O)cc1. The largest absolute Gasteiger partial charge is 0.478 e. The fourth-order valence-electron chi connectivity index (χ4n) is 5.54. The number of benzene rings is 2. The Morgan fingerprint density at radius 2 is 1.86 bits per heavy atom. The van der Waals surface area contributed by atoms with Crippen LogP contribution in [0.3, 0.4) is 0 Å². The molecule has 0 spiro atoms. The van der Waals surface area contributed by atoms with E-state index in [0.29, 0.717) is 29.3 Å². The summed E-state index contributed by atoms with van der Waals surface area (Å²) < 4.78 is 7.65. The Balaban J connectivity index is 1.36. The summed E-state index contributed by atoms with van der Waals surface area (Å²) >= 11 is 0. The summed E-state index contributed by atoms with van der Waals surface area (Å²) in [5.74, 6) is -0.979. The number of aromatic nitrogens is 2. The number of amides is 2. The third kappa shape index (κ3) is 6.46. The van der Waals surface area contributed by atoms with Gasteiger partial charge in [0.05, 0.1) is 22.9 Å². The number of aliphatic carboxylic acids is 1. The number of furan rings is 1. The molecule has 1 aliphatic rings. The van der Waals surface area contributed by atoms with E-state index in [0.717, 1.165) is 41.3 Å². The lowest BCUT2D eigenvalue weighted by Gasteiger charge is -2.25. The lowest BCUT2D eigenvalue weighted by atomic mass is 9.95. The first-order chi connectivity index (χ1) is 20.3. The summed E-state index contributed by atoms with van der Waals surface area (Å²) in [6, 6.07) is 13.9. The molecule has 1 unspecified atom stereocenters. The molecule has 1 fully saturated rings. The van der Waals surface area contributed by atoms with Crippen LogP contribution < -0.4 is 10.6 Å². The van der Waals surface area contributed by atoms with Crippen molar-refractivity contribution in [3.63, 3.8) is 0 Å². The minimum Gasteiger partial charge on any atom is -0.478 e. The van der Waals surface area contributed by atoms with Crippen molar-refractivity contribution in [2.45, 2.75) is 64.5 Å². The zero-order valence-corrected chi connectivity index (χ0v) is 23.9. The molecule has 1 aliphatic carbocycles. The minimum absolute atomic E-state index is 0.117. The van der Waals surface area contributed by atoms with Crippen LogP contribution in [0.4, 0.5) is 5.69 Å². The second-order valence-corrected chi connectivity index (χ2v) is 10.9. The Morgan fingerprint density at radius 3 is 2.52 bits per heavy atom. The van der Waals surface area contributed by atoms with Gasteiger partial charge in [0.25, 0.3) is 5.91 Å². The first-order valence-corrected chi connectivity index (χ1v) is 14.5. The van der Waals surface area contributed by atoms with Crippen LogP contribution in [0.2, 0.25) is 0 Å². The molecular formula is C33H36N4O5. The molecule has 9 nitrogen and oxygen atoms in total. The van der Waals surface area contributed by atoms with Gasteiger partial charge in [0.1, 0.15) is 18.1 Å². The molecule has 2 aromatic heterocycles. The predicted octanol–water partition coefficient (Wildman–Crippen LogP) is 6.68. The fraction of sp³-hybridized carbons (Fsp3) is 0.333. The summed E-state index contributed by atoms with van der Waals surface area (Å²) in [5, 5.41) is 14.6. The van der Waals surface area contributed by atoms with Crippen molar-refractivity contribution >= 4 is 40.6 Å². The molecule has 9 heteroatoms. The monoisotopic (exact) mass is 568 g/mol. The van der Waals surface area contributed by atoms with E-state index in [4.69, 9.17) is 14.5 Å². The normalized spacial score (nSPS) is 15.5. The van der Waals surface area contributed by atoms with Gasteiger partial charge in [-0.2, -0.15) is 0 Å². The Bertz CT molecular complexity index is 1580. The highest BCUT2D eigenvalue weighted by Crippen LogP contribution is 2.36. The smallest absolute Gasteiger partial charge is 0.328 e. The highest BCUT2D eigenvalue weighted by atomic mass is 16.4.